The third kappa shape index (κ3) is 3.79. The van der Waals surface area contributed by atoms with Crippen LogP contribution in [0.4, 0.5) is 5.69 Å². The first-order valence-corrected chi connectivity index (χ1v) is 6.20. The molecule has 2 rings (SSSR count). The topological polar surface area (TPSA) is 95.1 Å². The van der Waals surface area contributed by atoms with Crippen LogP contribution < -0.4 is 11.1 Å². The molecule has 2 aromatic rings. The van der Waals surface area contributed by atoms with Crippen molar-refractivity contribution < 1.29 is 9.53 Å². The van der Waals surface area contributed by atoms with Gasteiger partial charge < -0.3 is 15.8 Å². The van der Waals surface area contributed by atoms with E-state index in [0.29, 0.717) is 24.7 Å². The number of benzene rings is 1. The van der Waals surface area contributed by atoms with Gasteiger partial charge in [-0.05, 0) is 24.3 Å². The van der Waals surface area contributed by atoms with E-state index in [1.807, 2.05) is 12.1 Å². The van der Waals surface area contributed by atoms with Gasteiger partial charge in [0.1, 0.15) is 12.9 Å². The first-order valence-electron chi connectivity index (χ1n) is 6.20. The lowest BCUT2D eigenvalue weighted by molar-refractivity contribution is -0.122. The Morgan fingerprint density at radius 2 is 2.15 bits per heavy atom. The highest BCUT2D eigenvalue weighted by atomic mass is 16.5. The van der Waals surface area contributed by atoms with Crippen molar-refractivity contribution in [2.45, 2.75) is 6.54 Å². The fraction of sp³-hybridized carbons (Fsp3) is 0.308. The number of amides is 1. The zero-order chi connectivity index (χ0) is 14.4. The van der Waals surface area contributed by atoms with Gasteiger partial charge >= 0.3 is 0 Å². The summed E-state index contributed by atoms with van der Waals surface area (Å²) in [6.45, 7) is 1.10. The Labute approximate surface area is 116 Å². The summed E-state index contributed by atoms with van der Waals surface area (Å²) in [6.07, 6.45) is 1.53. The maximum absolute atomic E-state index is 11.6. The van der Waals surface area contributed by atoms with E-state index in [4.69, 9.17) is 10.5 Å². The van der Waals surface area contributed by atoms with Crippen LogP contribution in [0.3, 0.4) is 0 Å². The van der Waals surface area contributed by atoms with Gasteiger partial charge in [0.05, 0.1) is 6.61 Å². The number of rotatable bonds is 6. The number of nitrogens with zero attached hydrogens (tertiary/aromatic N) is 3. The van der Waals surface area contributed by atoms with Crippen molar-refractivity contribution >= 4 is 11.6 Å². The lowest BCUT2D eigenvalue weighted by Crippen LogP contribution is -2.30. The van der Waals surface area contributed by atoms with Crippen molar-refractivity contribution in [3.05, 3.63) is 30.6 Å². The van der Waals surface area contributed by atoms with Gasteiger partial charge in [0.2, 0.25) is 5.91 Å². The van der Waals surface area contributed by atoms with Crippen molar-refractivity contribution in [2.24, 2.45) is 0 Å². The number of nitrogen functional groups attached to an aromatic ring is 1. The third-order valence-electron chi connectivity index (χ3n) is 2.64. The molecular weight excluding hydrogens is 258 g/mol. The number of methoxy groups -OCH3 is 1. The van der Waals surface area contributed by atoms with E-state index in [2.05, 4.69) is 15.4 Å². The van der Waals surface area contributed by atoms with Crippen molar-refractivity contribution in [1.29, 1.82) is 0 Å². The van der Waals surface area contributed by atoms with E-state index >= 15 is 0 Å². The maximum atomic E-state index is 11.6. The molecule has 0 bridgehead atoms. The highest BCUT2D eigenvalue weighted by molar-refractivity contribution is 5.75. The number of aromatic nitrogens is 3. The third-order valence-corrected chi connectivity index (χ3v) is 2.64. The van der Waals surface area contributed by atoms with Crippen LogP contribution in [-0.2, 0) is 16.1 Å². The Hall–Kier alpha value is -2.41. The largest absolute Gasteiger partial charge is 0.399 e. The lowest BCUT2D eigenvalue weighted by atomic mass is 10.2. The molecule has 0 saturated heterocycles. The molecule has 1 amide bonds. The van der Waals surface area contributed by atoms with Crippen LogP contribution in [0.5, 0.6) is 0 Å². The van der Waals surface area contributed by atoms with Crippen LogP contribution in [0.1, 0.15) is 0 Å². The maximum Gasteiger partial charge on any atom is 0.241 e. The number of carbonyl (C=O) groups is 1. The Morgan fingerprint density at radius 3 is 2.85 bits per heavy atom. The number of hydrogen-bond donors (Lipinski definition) is 2. The zero-order valence-electron chi connectivity index (χ0n) is 11.2. The van der Waals surface area contributed by atoms with Crippen molar-refractivity contribution in [3.8, 4) is 11.4 Å². The SMILES string of the molecule is COCCNC(=O)Cn1cnc(-c2ccc(N)cc2)n1. The van der Waals surface area contributed by atoms with Gasteiger partial charge in [-0.3, -0.25) is 4.79 Å². The molecule has 3 N–H and O–H groups in total. The molecule has 0 radical (unpaired) electrons. The minimum atomic E-state index is -0.129. The van der Waals surface area contributed by atoms with Crippen molar-refractivity contribution in [1.82, 2.24) is 20.1 Å². The summed E-state index contributed by atoms with van der Waals surface area (Å²) in [5.41, 5.74) is 7.17. The number of ether oxygens (including phenoxy) is 1. The molecule has 7 nitrogen and oxygen atoms in total. The van der Waals surface area contributed by atoms with Gasteiger partial charge in [-0.2, -0.15) is 5.10 Å². The molecule has 1 aromatic carbocycles. The first-order chi connectivity index (χ1) is 9.69. The number of hydrogen-bond acceptors (Lipinski definition) is 5. The van der Waals surface area contributed by atoms with Gasteiger partial charge in [0.15, 0.2) is 5.82 Å². The average molecular weight is 275 g/mol. The number of carbonyl (C=O) groups excluding carboxylic acids is 1. The standard InChI is InChI=1S/C13H17N5O2/c1-20-7-6-15-12(19)8-18-9-16-13(17-18)10-2-4-11(14)5-3-10/h2-5,9H,6-8,14H2,1H3,(H,15,19). The second kappa shape index (κ2) is 6.67. The summed E-state index contributed by atoms with van der Waals surface area (Å²) in [5.74, 6) is 0.436. The highest BCUT2D eigenvalue weighted by Crippen LogP contribution is 2.15. The number of nitrogens with two attached hydrogens (primary N) is 1. The Kier molecular flexibility index (Phi) is 4.67. The van der Waals surface area contributed by atoms with Crippen LogP contribution in [0.2, 0.25) is 0 Å². The predicted octanol–water partition coefficient (Wildman–Crippen LogP) is 0.290. The molecule has 0 aliphatic heterocycles. The number of nitrogens with one attached hydrogen (secondary N) is 1. The Bertz CT molecular complexity index is 564. The minimum absolute atomic E-state index is 0.129. The fourth-order valence-corrected chi connectivity index (χ4v) is 1.63. The molecule has 0 fully saturated rings. The minimum Gasteiger partial charge on any atom is -0.399 e. The normalized spacial score (nSPS) is 10.4. The van der Waals surface area contributed by atoms with E-state index in [9.17, 15) is 4.79 Å². The van der Waals surface area contributed by atoms with Gasteiger partial charge in [-0.15, -0.1) is 0 Å². The monoisotopic (exact) mass is 275 g/mol. The molecule has 0 unspecified atom stereocenters. The van der Waals surface area contributed by atoms with Crippen LogP contribution in [-0.4, -0.2) is 40.9 Å². The smallest absolute Gasteiger partial charge is 0.241 e. The highest BCUT2D eigenvalue weighted by Gasteiger charge is 2.07. The number of anilines is 1. The summed E-state index contributed by atoms with van der Waals surface area (Å²) in [5, 5.41) is 6.97. The lowest BCUT2D eigenvalue weighted by Gasteiger charge is -2.03. The molecule has 0 aliphatic carbocycles. The summed E-state index contributed by atoms with van der Waals surface area (Å²) in [7, 11) is 1.59. The van der Waals surface area contributed by atoms with Crippen molar-refractivity contribution in [3.63, 3.8) is 0 Å². The van der Waals surface area contributed by atoms with E-state index < -0.39 is 0 Å². The second-order valence-corrected chi connectivity index (χ2v) is 4.23. The van der Waals surface area contributed by atoms with Gasteiger partial charge in [-0.25, -0.2) is 9.67 Å². The van der Waals surface area contributed by atoms with Gasteiger partial charge in [0, 0.05) is 24.9 Å². The summed E-state index contributed by atoms with van der Waals surface area (Å²) in [6, 6.07) is 7.25. The van der Waals surface area contributed by atoms with Crippen LogP contribution >= 0.6 is 0 Å². The van der Waals surface area contributed by atoms with Crippen LogP contribution in [0, 0.1) is 0 Å². The predicted molar refractivity (Wildman–Crippen MR) is 74.8 cm³/mol. The Balaban J connectivity index is 1.95. The molecule has 1 heterocycles. The molecule has 1 aromatic heterocycles. The first kappa shape index (κ1) is 14.0. The molecule has 7 heteroatoms. The summed E-state index contributed by atoms with van der Waals surface area (Å²) in [4.78, 5) is 15.8. The van der Waals surface area contributed by atoms with E-state index in [1.165, 1.54) is 11.0 Å². The molecule has 0 aliphatic rings. The molecule has 0 atom stereocenters. The zero-order valence-corrected chi connectivity index (χ0v) is 11.2. The fourth-order valence-electron chi connectivity index (χ4n) is 1.63. The van der Waals surface area contributed by atoms with E-state index in [1.54, 1.807) is 19.2 Å². The van der Waals surface area contributed by atoms with Crippen molar-refractivity contribution in [2.75, 3.05) is 26.0 Å². The average Bonchev–Trinajstić information content (AvgIpc) is 2.88. The molecule has 106 valence electrons. The van der Waals surface area contributed by atoms with Gasteiger partial charge in [-0.1, -0.05) is 0 Å². The van der Waals surface area contributed by atoms with Crippen LogP contribution in [0.15, 0.2) is 30.6 Å². The van der Waals surface area contributed by atoms with Crippen LogP contribution in [0.25, 0.3) is 11.4 Å². The second-order valence-electron chi connectivity index (χ2n) is 4.23. The summed E-state index contributed by atoms with van der Waals surface area (Å²) < 4.78 is 6.35. The van der Waals surface area contributed by atoms with E-state index in [0.717, 1.165) is 5.56 Å². The summed E-state index contributed by atoms with van der Waals surface area (Å²) >= 11 is 0. The molecule has 0 saturated carbocycles. The quantitative estimate of drug-likeness (QED) is 0.583. The van der Waals surface area contributed by atoms with E-state index in [-0.39, 0.29) is 12.5 Å². The molecule has 20 heavy (non-hydrogen) atoms. The molecular formula is C13H17N5O2. The Morgan fingerprint density at radius 1 is 1.40 bits per heavy atom. The molecule has 0 spiro atoms. The van der Waals surface area contributed by atoms with Gasteiger partial charge in [0.25, 0.3) is 0 Å².